The molecule has 0 aromatic heterocycles. The van der Waals surface area contributed by atoms with E-state index in [4.69, 9.17) is 0 Å². The Kier molecular flexibility index (Phi) is 2.67. The monoisotopic (exact) mass is 210 g/mol. The Morgan fingerprint density at radius 3 is 2.53 bits per heavy atom. The van der Waals surface area contributed by atoms with E-state index >= 15 is 0 Å². The van der Waals surface area contributed by atoms with Crippen molar-refractivity contribution in [2.24, 2.45) is 5.92 Å². The maximum atomic E-state index is 12.0. The second kappa shape index (κ2) is 3.83. The molecule has 0 aromatic carbocycles. The molecule has 1 saturated heterocycles. The van der Waals surface area contributed by atoms with Crippen LogP contribution < -0.4 is 0 Å². The molecular weight excluding hydrogens is 192 g/mol. The van der Waals surface area contributed by atoms with E-state index in [0.29, 0.717) is 13.1 Å². The number of amides is 2. The van der Waals surface area contributed by atoms with Gasteiger partial charge in [-0.2, -0.15) is 0 Å². The first kappa shape index (κ1) is 10.5. The Balaban J connectivity index is 2.02. The summed E-state index contributed by atoms with van der Waals surface area (Å²) in [4.78, 5) is 27.2. The van der Waals surface area contributed by atoms with Gasteiger partial charge in [0.25, 0.3) is 0 Å². The second-order valence-corrected chi connectivity index (χ2v) is 4.60. The molecule has 4 heteroatoms. The molecule has 0 N–H and O–H groups in total. The van der Waals surface area contributed by atoms with E-state index < -0.39 is 0 Å². The summed E-state index contributed by atoms with van der Waals surface area (Å²) in [6, 6.07) is -0.267. The van der Waals surface area contributed by atoms with Crippen molar-refractivity contribution in [2.75, 3.05) is 20.1 Å². The predicted octanol–water partition coefficient (Wildman–Crippen LogP) is 0.476. The number of rotatable bonds is 1. The van der Waals surface area contributed by atoms with Crippen LogP contribution in [0.5, 0.6) is 0 Å². The molecule has 1 heterocycles. The van der Waals surface area contributed by atoms with E-state index in [1.54, 1.807) is 16.8 Å². The van der Waals surface area contributed by atoms with Gasteiger partial charge in [-0.15, -0.1) is 0 Å². The maximum Gasteiger partial charge on any atom is 0.244 e. The van der Waals surface area contributed by atoms with Gasteiger partial charge in [0, 0.05) is 26.1 Å². The van der Waals surface area contributed by atoms with Crippen LogP contribution in [0, 0.1) is 5.92 Å². The average Bonchev–Trinajstić information content (AvgIpc) is 2.11. The number of hydrogen-bond donors (Lipinski definition) is 0. The normalized spacial score (nSPS) is 27.9. The lowest BCUT2D eigenvalue weighted by atomic mass is 9.84. The third-order valence-electron chi connectivity index (χ3n) is 3.61. The largest absolute Gasteiger partial charge is 0.342 e. The van der Waals surface area contributed by atoms with Crippen LogP contribution in [0.2, 0.25) is 0 Å². The Morgan fingerprint density at radius 2 is 2.00 bits per heavy atom. The summed E-state index contributed by atoms with van der Waals surface area (Å²) < 4.78 is 0. The summed E-state index contributed by atoms with van der Waals surface area (Å²) >= 11 is 0. The van der Waals surface area contributed by atoms with Gasteiger partial charge < -0.3 is 9.80 Å². The van der Waals surface area contributed by atoms with Crippen molar-refractivity contribution >= 4 is 11.8 Å². The smallest absolute Gasteiger partial charge is 0.244 e. The molecule has 2 aliphatic rings. The van der Waals surface area contributed by atoms with Crippen molar-refractivity contribution in [1.29, 1.82) is 0 Å². The molecule has 0 radical (unpaired) electrons. The van der Waals surface area contributed by atoms with Crippen molar-refractivity contribution < 1.29 is 9.59 Å². The van der Waals surface area contributed by atoms with Gasteiger partial charge in [-0.3, -0.25) is 9.59 Å². The number of carbonyl (C=O) groups is 2. The molecular formula is C11H18N2O2. The summed E-state index contributed by atoms with van der Waals surface area (Å²) in [5, 5.41) is 0. The van der Waals surface area contributed by atoms with E-state index in [2.05, 4.69) is 0 Å². The lowest BCUT2D eigenvalue weighted by molar-refractivity contribution is -0.153. The highest BCUT2D eigenvalue weighted by atomic mass is 16.2. The summed E-state index contributed by atoms with van der Waals surface area (Å²) in [6.45, 7) is 3.19. The second-order valence-electron chi connectivity index (χ2n) is 4.60. The number of piperazine rings is 1. The van der Waals surface area contributed by atoms with Crippen molar-refractivity contribution in [3.8, 4) is 0 Å². The van der Waals surface area contributed by atoms with Gasteiger partial charge in [0.1, 0.15) is 6.04 Å². The van der Waals surface area contributed by atoms with Crippen LogP contribution in [-0.4, -0.2) is 47.8 Å². The van der Waals surface area contributed by atoms with Gasteiger partial charge in [0.2, 0.25) is 11.8 Å². The van der Waals surface area contributed by atoms with Gasteiger partial charge in [0.05, 0.1) is 0 Å². The third-order valence-corrected chi connectivity index (χ3v) is 3.61. The van der Waals surface area contributed by atoms with Crippen molar-refractivity contribution in [3.63, 3.8) is 0 Å². The first-order valence-electron chi connectivity index (χ1n) is 5.66. The maximum absolute atomic E-state index is 12.0. The molecule has 2 amide bonds. The fourth-order valence-electron chi connectivity index (χ4n) is 2.20. The first-order valence-corrected chi connectivity index (χ1v) is 5.66. The fraction of sp³-hybridized carbons (Fsp3) is 0.818. The molecule has 1 unspecified atom stereocenters. The zero-order valence-corrected chi connectivity index (χ0v) is 9.40. The van der Waals surface area contributed by atoms with Crippen LogP contribution in [-0.2, 0) is 9.59 Å². The van der Waals surface area contributed by atoms with Gasteiger partial charge in [-0.05, 0) is 19.8 Å². The van der Waals surface area contributed by atoms with E-state index in [1.807, 2.05) is 6.92 Å². The number of nitrogens with zero attached hydrogens (tertiary/aromatic N) is 2. The van der Waals surface area contributed by atoms with Crippen LogP contribution in [0.1, 0.15) is 26.2 Å². The number of likely N-dealkylation sites (N-methyl/N-ethyl adjacent to an activating group) is 1. The number of hydrogen-bond acceptors (Lipinski definition) is 2. The molecule has 0 bridgehead atoms. The molecule has 1 aliphatic heterocycles. The molecule has 1 aliphatic carbocycles. The highest BCUT2D eigenvalue weighted by Gasteiger charge is 2.37. The van der Waals surface area contributed by atoms with Crippen LogP contribution in [0.4, 0.5) is 0 Å². The van der Waals surface area contributed by atoms with Gasteiger partial charge in [0.15, 0.2) is 0 Å². The Labute approximate surface area is 90.2 Å². The van der Waals surface area contributed by atoms with E-state index in [-0.39, 0.29) is 23.8 Å². The first-order chi connectivity index (χ1) is 7.11. The quantitative estimate of drug-likeness (QED) is 0.631. The van der Waals surface area contributed by atoms with Gasteiger partial charge >= 0.3 is 0 Å². The van der Waals surface area contributed by atoms with Gasteiger partial charge in [-0.1, -0.05) is 6.42 Å². The predicted molar refractivity (Wildman–Crippen MR) is 56.2 cm³/mol. The highest BCUT2D eigenvalue weighted by Crippen LogP contribution is 2.29. The van der Waals surface area contributed by atoms with E-state index in [9.17, 15) is 9.59 Å². The molecule has 2 rings (SSSR count). The minimum absolute atomic E-state index is 0.0638. The topological polar surface area (TPSA) is 40.6 Å². The van der Waals surface area contributed by atoms with Crippen molar-refractivity contribution in [2.45, 2.75) is 32.2 Å². The van der Waals surface area contributed by atoms with Crippen LogP contribution >= 0.6 is 0 Å². The molecule has 2 fully saturated rings. The Hall–Kier alpha value is -1.06. The minimum atomic E-state index is -0.267. The standard InChI is InChI=1S/C11H18N2O2/c1-8-10(14)12(2)6-7-13(8)11(15)9-4-3-5-9/h8-9H,3-7H2,1-2H3. The zero-order chi connectivity index (χ0) is 11.0. The van der Waals surface area contributed by atoms with Crippen LogP contribution in [0.15, 0.2) is 0 Å². The van der Waals surface area contributed by atoms with Crippen molar-refractivity contribution in [1.82, 2.24) is 9.80 Å². The third kappa shape index (κ3) is 1.73. The molecule has 1 saturated carbocycles. The lowest BCUT2D eigenvalue weighted by Gasteiger charge is -2.40. The lowest BCUT2D eigenvalue weighted by Crippen LogP contribution is -2.58. The summed E-state index contributed by atoms with van der Waals surface area (Å²) in [7, 11) is 1.80. The SMILES string of the molecule is CC1C(=O)N(C)CCN1C(=O)C1CCC1. The molecule has 84 valence electrons. The minimum Gasteiger partial charge on any atom is -0.342 e. The Morgan fingerprint density at radius 1 is 1.33 bits per heavy atom. The molecule has 0 spiro atoms. The van der Waals surface area contributed by atoms with E-state index in [1.165, 1.54) is 0 Å². The van der Waals surface area contributed by atoms with Crippen LogP contribution in [0.25, 0.3) is 0 Å². The average molecular weight is 210 g/mol. The fourth-order valence-corrected chi connectivity index (χ4v) is 2.20. The number of carbonyl (C=O) groups excluding carboxylic acids is 2. The molecule has 0 aromatic rings. The summed E-state index contributed by atoms with van der Waals surface area (Å²) in [6.07, 6.45) is 3.17. The highest BCUT2D eigenvalue weighted by molar-refractivity contribution is 5.89. The van der Waals surface area contributed by atoms with E-state index in [0.717, 1.165) is 19.3 Å². The van der Waals surface area contributed by atoms with Gasteiger partial charge in [-0.25, -0.2) is 0 Å². The summed E-state index contributed by atoms with van der Waals surface area (Å²) in [5.41, 5.74) is 0. The van der Waals surface area contributed by atoms with Crippen LogP contribution in [0.3, 0.4) is 0 Å². The molecule has 4 nitrogen and oxygen atoms in total. The van der Waals surface area contributed by atoms with Crippen molar-refractivity contribution in [3.05, 3.63) is 0 Å². The Bertz CT molecular complexity index is 286. The molecule has 15 heavy (non-hydrogen) atoms. The summed E-state index contributed by atoms with van der Waals surface area (Å²) in [5.74, 6) is 0.452. The molecule has 1 atom stereocenters. The zero-order valence-electron chi connectivity index (χ0n) is 9.40.